The van der Waals surface area contributed by atoms with Crippen LogP contribution in [0.15, 0.2) is 84.0 Å². The smallest absolute Gasteiger partial charge is 0.507 e. The summed E-state index contributed by atoms with van der Waals surface area (Å²) >= 11 is 0. The maximum Gasteiger partial charge on any atom is 0.573 e. The molecule has 2 aromatic rings. The van der Waals surface area contributed by atoms with Crippen LogP contribution >= 0.6 is 0 Å². The van der Waals surface area contributed by atoms with Gasteiger partial charge in [0.25, 0.3) is 5.91 Å². The predicted molar refractivity (Wildman–Crippen MR) is 117 cm³/mol. The van der Waals surface area contributed by atoms with E-state index in [1.165, 1.54) is 35.2 Å². The number of likely N-dealkylation sites (tertiary alicyclic amines) is 1. The molecule has 6 nitrogen and oxygen atoms in total. The molecule has 1 aliphatic heterocycles. The van der Waals surface area contributed by atoms with Crippen LogP contribution in [0, 0.1) is 0 Å². The Morgan fingerprint density at radius 1 is 1.24 bits per heavy atom. The van der Waals surface area contributed by atoms with Crippen molar-refractivity contribution in [1.29, 1.82) is 0 Å². The molecule has 1 aromatic carbocycles. The molecule has 0 saturated carbocycles. The number of aliphatic hydroxyl groups is 1. The number of hydrogen-bond acceptors (Lipinski definition) is 5. The Morgan fingerprint density at radius 3 is 2.58 bits per heavy atom. The van der Waals surface area contributed by atoms with Gasteiger partial charge in [-0.2, -0.15) is 0 Å². The number of pyridine rings is 1. The molecular weight excluding hydrogens is 435 g/mol. The highest BCUT2D eigenvalue weighted by atomic mass is 19.4. The van der Waals surface area contributed by atoms with Crippen molar-refractivity contribution in [2.24, 2.45) is 0 Å². The quantitative estimate of drug-likeness (QED) is 0.479. The van der Waals surface area contributed by atoms with Gasteiger partial charge >= 0.3 is 6.36 Å². The van der Waals surface area contributed by atoms with Gasteiger partial charge in [0.2, 0.25) is 0 Å². The van der Waals surface area contributed by atoms with Crippen LogP contribution in [0.2, 0.25) is 0 Å². The van der Waals surface area contributed by atoms with Crippen LogP contribution in [0.25, 0.3) is 0 Å². The van der Waals surface area contributed by atoms with E-state index in [0.717, 1.165) is 5.56 Å². The summed E-state index contributed by atoms with van der Waals surface area (Å²) in [6.45, 7) is 2.83. The first-order valence-electron chi connectivity index (χ1n) is 10.2. The van der Waals surface area contributed by atoms with Crippen molar-refractivity contribution in [3.63, 3.8) is 0 Å². The van der Waals surface area contributed by atoms with Crippen molar-refractivity contribution < 1.29 is 27.8 Å². The van der Waals surface area contributed by atoms with Gasteiger partial charge in [0.05, 0.1) is 5.57 Å². The molecule has 0 spiro atoms. The van der Waals surface area contributed by atoms with E-state index in [4.69, 9.17) is 0 Å². The van der Waals surface area contributed by atoms with Crippen LogP contribution in [-0.4, -0.2) is 45.8 Å². The van der Waals surface area contributed by atoms with Crippen molar-refractivity contribution in [3.05, 3.63) is 95.2 Å². The second-order valence-electron chi connectivity index (χ2n) is 7.52. The van der Waals surface area contributed by atoms with Gasteiger partial charge in [-0.1, -0.05) is 24.3 Å². The first-order valence-corrected chi connectivity index (χ1v) is 10.2. The number of rotatable bonds is 7. The zero-order chi connectivity index (χ0) is 24.0. The highest BCUT2D eigenvalue weighted by Crippen LogP contribution is 2.29. The maximum atomic E-state index is 12.9. The lowest BCUT2D eigenvalue weighted by molar-refractivity contribution is -0.274. The standard InChI is InChI=1S/C24H24F3N3O3/c1-3-19-16-30(15-17-6-8-20(9-7-17)33-24(25,26)27)23(32)22(19)21(31)10-12-29(2)14-18-5-4-11-28-13-18/h3-13,31H,14-16H2,1-2H3/b12-10+,19-3-,22-21-. The summed E-state index contributed by atoms with van der Waals surface area (Å²) in [5, 5.41) is 10.6. The maximum absolute atomic E-state index is 12.9. The van der Waals surface area contributed by atoms with Gasteiger partial charge < -0.3 is 19.6 Å². The number of benzene rings is 1. The molecular formula is C24H24F3N3O3. The molecule has 33 heavy (non-hydrogen) atoms. The molecule has 0 atom stereocenters. The topological polar surface area (TPSA) is 65.9 Å². The van der Waals surface area contributed by atoms with Gasteiger partial charge in [-0.15, -0.1) is 13.2 Å². The largest absolute Gasteiger partial charge is 0.573 e. The molecule has 0 unspecified atom stereocenters. The molecule has 1 amide bonds. The highest BCUT2D eigenvalue weighted by molar-refractivity contribution is 6.02. The normalized spacial score (nSPS) is 17.2. The molecule has 174 valence electrons. The highest BCUT2D eigenvalue weighted by Gasteiger charge is 2.33. The Balaban J connectivity index is 1.69. The number of halogens is 3. The van der Waals surface area contributed by atoms with Crippen molar-refractivity contribution in [1.82, 2.24) is 14.8 Å². The fourth-order valence-corrected chi connectivity index (χ4v) is 3.42. The Bertz CT molecular complexity index is 1060. The number of carbonyl (C=O) groups excluding carboxylic acids is 1. The third-order valence-corrected chi connectivity index (χ3v) is 4.96. The molecule has 1 fully saturated rings. The number of aliphatic hydroxyl groups excluding tert-OH is 1. The zero-order valence-corrected chi connectivity index (χ0v) is 18.2. The Hall–Kier alpha value is -3.75. The SMILES string of the molecule is C/C=C1/CN(Cc2ccc(OC(F)(F)F)cc2)C(=O)/C1=C(O)/C=C/N(C)Cc1cccnc1. The van der Waals surface area contributed by atoms with E-state index in [0.29, 0.717) is 17.7 Å². The van der Waals surface area contributed by atoms with Gasteiger partial charge in [-0.3, -0.25) is 9.78 Å². The molecule has 1 saturated heterocycles. The second-order valence-corrected chi connectivity index (χ2v) is 7.52. The van der Waals surface area contributed by atoms with Crippen molar-refractivity contribution >= 4 is 5.91 Å². The third kappa shape index (κ3) is 6.61. The number of carbonyl (C=O) groups is 1. The van der Waals surface area contributed by atoms with Crippen LogP contribution in [0.1, 0.15) is 18.1 Å². The van der Waals surface area contributed by atoms with E-state index in [9.17, 15) is 23.1 Å². The summed E-state index contributed by atoms with van der Waals surface area (Å²) in [5.41, 5.74) is 2.52. The van der Waals surface area contributed by atoms with Gasteiger partial charge in [0.15, 0.2) is 0 Å². The summed E-state index contributed by atoms with van der Waals surface area (Å²) < 4.78 is 40.8. The minimum Gasteiger partial charge on any atom is -0.507 e. The summed E-state index contributed by atoms with van der Waals surface area (Å²) in [7, 11) is 1.84. The van der Waals surface area contributed by atoms with E-state index in [-0.39, 0.29) is 36.1 Å². The minimum atomic E-state index is -4.76. The zero-order valence-electron chi connectivity index (χ0n) is 18.2. The molecule has 0 aliphatic carbocycles. The average molecular weight is 459 g/mol. The van der Waals surface area contributed by atoms with Gasteiger partial charge in [-0.25, -0.2) is 0 Å². The molecule has 1 aliphatic rings. The first kappa shape index (κ1) is 23.9. The lowest BCUT2D eigenvalue weighted by atomic mass is 10.1. The van der Waals surface area contributed by atoms with E-state index in [2.05, 4.69) is 9.72 Å². The minimum absolute atomic E-state index is 0.150. The third-order valence-electron chi connectivity index (χ3n) is 4.96. The number of nitrogens with zero attached hydrogens (tertiary/aromatic N) is 3. The molecule has 9 heteroatoms. The van der Waals surface area contributed by atoms with Gasteiger partial charge in [0.1, 0.15) is 11.5 Å². The fourth-order valence-electron chi connectivity index (χ4n) is 3.42. The number of hydrogen-bond donors (Lipinski definition) is 1. The fraction of sp³-hybridized carbons (Fsp3) is 0.250. The van der Waals surface area contributed by atoms with E-state index in [1.54, 1.807) is 31.6 Å². The summed E-state index contributed by atoms with van der Waals surface area (Å²) in [5.74, 6) is -0.828. The Labute approximate surface area is 189 Å². The summed E-state index contributed by atoms with van der Waals surface area (Å²) in [6, 6.07) is 9.13. The Kier molecular flexibility index (Phi) is 7.42. The predicted octanol–water partition coefficient (Wildman–Crippen LogP) is 4.73. The molecule has 2 heterocycles. The van der Waals surface area contributed by atoms with Gasteiger partial charge in [0, 0.05) is 45.3 Å². The van der Waals surface area contributed by atoms with E-state index in [1.807, 2.05) is 24.1 Å². The number of ether oxygens (including phenoxy) is 1. The summed E-state index contributed by atoms with van der Waals surface area (Å²) in [6.07, 6.45) is 3.59. The molecule has 3 rings (SSSR count). The van der Waals surface area contributed by atoms with Crippen LogP contribution in [0.4, 0.5) is 13.2 Å². The number of aromatic nitrogens is 1. The number of allylic oxidation sites excluding steroid dienone is 2. The monoisotopic (exact) mass is 459 g/mol. The van der Waals surface area contributed by atoms with E-state index >= 15 is 0 Å². The average Bonchev–Trinajstić information content (AvgIpc) is 3.08. The lowest BCUT2D eigenvalue weighted by Gasteiger charge is -2.16. The first-order chi connectivity index (χ1) is 15.7. The van der Waals surface area contributed by atoms with Crippen LogP contribution in [-0.2, 0) is 17.9 Å². The second kappa shape index (κ2) is 10.2. The molecule has 0 bridgehead atoms. The van der Waals surface area contributed by atoms with Crippen molar-refractivity contribution in [2.75, 3.05) is 13.6 Å². The number of amides is 1. The van der Waals surface area contributed by atoms with Crippen LogP contribution in [0.5, 0.6) is 5.75 Å². The Morgan fingerprint density at radius 2 is 1.97 bits per heavy atom. The van der Waals surface area contributed by atoms with Crippen molar-refractivity contribution in [2.45, 2.75) is 26.4 Å². The molecule has 1 N–H and O–H groups in total. The van der Waals surface area contributed by atoms with Crippen molar-refractivity contribution in [3.8, 4) is 5.75 Å². The lowest BCUT2D eigenvalue weighted by Crippen LogP contribution is -2.25. The molecule has 1 aromatic heterocycles. The van der Waals surface area contributed by atoms with E-state index < -0.39 is 6.36 Å². The summed E-state index contributed by atoms with van der Waals surface area (Å²) in [4.78, 5) is 20.4. The molecule has 0 radical (unpaired) electrons. The van der Waals surface area contributed by atoms with Crippen LogP contribution < -0.4 is 4.74 Å². The number of alkyl halides is 3. The van der Waals surface area contributed by atoms with Gasteiger partial charge in [-0.05, 0) is 47.9 Å². The van der Waals surface area contributed by atoms with Crippen LogP contribution in [0.3, 0.4) is 0 Å².